The largest absolute Gasteiger partial charge is 0.375 e. The summed E-state index contributed by atoms with van der Waals surface area (Å²) in [6.45, 7) is 5.84. The van der Waals surface area contributed by atoms with Crippen LogP contribution in [-0.4, -0.2) is 25.7 Å². The third-order valence-electron chi connectivity index (χ3n) is 3.70. The van der Waals surface area contributed by atoms with Crippen molar-refractivity contribution >= 4 is 5.69 Å². The molecule has 0 fully saturated rings. The topological polar surface area (TPSA) is 39.1 Å². The molecule has 0 bridgehead atoms. The van der Waals surface area contributed by atoms with Crippen LogP contribution in [0.3, 0.4) is 0 Å². The number of rotatable bonds is 9. The van der Waals surface area contributed by atoms with Crippen LogP contribution in [0.15, 0.2) is 24.3 Å². The molecule has 0 aliphatic rings. The fraction of sp³-hybridized carbons (Fsp3) is 0.588. The molecule has 0 saturated heterocycles. The summed E-state index contributed by atoms with van der Waals surface area (Å²) in [6, 6.07) is 8.91. The van der Waals surface area contributed by atoms with Gasteiger partial charge < -0.3 is 4.90 Å². The molecule has 1 N–H and O–H groups in total. The van der Waals surface area contributed by atoms with Crippen LogP contribution in [0, 0.1) is 17.1 Å². The summed E-state index contributed by atoms with van der Waals surface area (Å²) in [5.41, 5.74) is 0.591. The van der Waals surface area contributed by atoms with Crippen LogP contribution in [0.1, 0.15) is 39.5 Å². The maximum absolute atomic E-state index is 12.9. The molecule has 1 unspecified atom stereocenters. The molecule has 0 spiro atoms. The first-order valence-corrected chi connectivity index (χ1v) is 7.64. The number of hydrogen-bond acceptors (Lipinski definition) is 3. The van der Waals surface area contributed by atoms with Crippen molar-refractivity contribution in [1.29, 1.82) is 5.26 Å². The highest BCUT2D eigenvalue weighted by Gasteiger charge is 2.21. The zero-order valence-electron chi connectivity index (χ0n) is 13.3. The minimum absolute atomic E-state index is 0.209. The first-order valence-electron chi connectivity index (χ1n) is 7.64. The summed E-state index contributed by atoms with van der Waals surface area (Å²) >= 11 is 0. The van der Waals surface area contributed by atoms with Crippen molar-refractivity contribution in [2.24, 2.45) is 0 Å². The summed E-state index contributed by atoms with van der Waals surface area (Å²) in [4.78, 5) is 2.11. The molecule has 116 valence electrons. The van der Waals surface area contributed by atoms with E-state index in [1.54, 1.807) is 12.1 Å². The van der Waals surface area contributed by atoms with Crippen molar-refractivity contribution in [2.75, 3.05) is 25.0 Å². The smallest absolute Gasteiger partial charge is 0.123 e. The Balaban J connectivity index is 2.33. The summed E-state index contributed by atoms with van der Waals surface area (Å²) < 4.78 is 12.9. The van der Waals surface area contributed by atoms with Gasteiger partial charge in [-0.1, -0.05) is 6.92 Å². The number of nitrogens with one attached hydrogen (secondary N) is 1. The van der Waals surface area contributed by atoms with Crippen molar-refractivity contribution < 1.29 is 4.39 Å². The van der Waals surface area contributed by atoms with Crippen molar-refractivity contribution in [3.05, 3.63) is 30.1 Å². The summed E-state index contributed by atoms with van der Waals surface area (Å²) in [7, 11) is 2.01. The van der Waals surface area contributed by atoms with Crippen molar-refractivity contribution in [3.8, 4) is 6.07 Å². The van der Waals surface area contributed by atoms with Crippen LogP contribution in [0.25, 0.3) is 0 Å². The van der Waals surface area contributed by atoms with E-state index in [-0.39, 0.29) is 5.82 Å². The number of nitrogens with zero attached hydrogens (tertiary/aromatic N) is 2. The third-order valence-corrected chi connectivity index (χ3v) is 3.70. The second-order valence-electron chi connectivity index (χ2n) is 5.73. The highest BCUT2D eigenvalue weighted by atomic mass is 19.1. The monoisotopic (exact) mass is 291 g/mol. The molecule has 4 heteroatoms. The highest BCUT2D eigenvalue weighted by molar-refractivity contribution is 5.45. The van der Waals surface area contributed by atoms with Gasteiger partial charge in [-0.3, -0.25) is 5.32 Å². The second-order valence-corrected chi connectivity index (χ2v) is 5.73. The van der Waals surface area contributed by atoms with E-state index < -0.39 is 5.54 Å². The van der Waals surface area contributed by atoms with Crippen LogP contribution in [0.4, 0.5) is 10.1 Å². The molecule has 0 aliphatic carbocycles. The predicted molar refractivity (Wildman–Crippen MR) is 85.8 cm³/mol. The van der Waals surface area contributed by atoms with Gasteiger partial charge in [-0.25, -0.2) is 4.39 Å². The lowest BCUT2D eigenvalue weighted by molar-refractivity contribution is 0.403. The number of halogens is 1. The predicted octanol–water partition coefficient (Wildman–Crippen LogP) is 3.71. The Hall–Kier alpha value is -1.60. The van der Waals surface area contributed by atoms with Gasteiger partial charge in [0, 0.05) is 19.3 Å². The van der Waals surface area contributed by atoms with Crippen LogP contribution in [0.5, 0.6) is 0 Å². The minimum Gasteiger partial charge on any atom is -0.375 e. The average molecular weight is 291 g/mol. The van der Waals surface area contributed by atoms with Crippen LogP contribution >= 0.6 is 0 Å². The maximum atomic E-state index is 12.9. The van der Waals surface area contributed by atoms with Gasteiger partial charge in [-0.15, -0.1) is 0 Å². The number of benzene rings is 1. The van der Waals surface area contributed by atoms with Gasteiger partial charge in [0.15, 0.2) is 0 Å². The van der Waals surface area contributed by atoms with Crippen molar-refractivity contribution in [3.63, 3.8) is 0 Å². The summed E-state index contributed by atoms with van der Waals surface area (Å²) in [5.74, 6) is -0.209. The number of anilines is 1. The van der Waals surface area contributed by atoms with Gasteiger partial charge in [0.25, 0.3) is 0 Å². The van der Waals surface area contributed by atoms with E-state index in [4.69, 9.17) is 0 Å². The van der Waals surface area contributed by atoms with Crippen LogP contribution in [0.2, 0.25) is 0 Å². The number of hydrogen-bond donors (Lipinski definition) is 1. The lowest BCUT2D eigenvalue weighted by Gasteiger charge is -2.24. The molecule has 1 aromatic carbocycles. The van der Waals surface area contributed by atoms with E-state index >= 15 is 0 Å². The lowest BCUT2D eigenvalue weighted by atomic mass is 9.96. The molecule has 0 heterocycles. The van der Waals surface area contributed by atoms with E-state index in [9.17, 15) is 9.65 Å². The van der Waals surface area contributed by atoms with E-state index in [1.165, 1.54) is 12.1 Å². The SMILES string of the molecule is CCCNC(C)(C#N)CCCCN(C)c1ccc(F)cc1. The fourth-order valence-electron chi connectivity index (χ4n) is 2.24. The standard InChI is InChI=1S/C17H26FN3/c1-4-12-20-17(2,14-19)11-5-6-13-21(3)16-9-7-15(18)8-10-16/h7-10,20H,4-6,11-13H2,1-3H3. The Morgan fingerprint density at radius 1 is 1.29 bits per heavy atom. The molecule has 0 aromatic heterocycles. The van der Waals surface area contributed by atoms with Crippen LogP contribution < -0.4 is 10.2 Å². The molecule has 0 saturated carbocycles. The summed E-state index contributed by atoms with van der Waals surface area (Å²) in [5, 5.41) is 12.6. The first kappa shape index (κ1) is 17.5. The van der Waals surface area contributed by atoms with Crippen LogP contribution in [-0.2, 0) is 0 Å². The number of unbranched alkanes of at least 4 members (excludes halogenated alkanes) is 1. The average Bonchev–Trinajstić information content (AvgIpc) is 2.50. The fourth-order valence-corrected chi connectivity index (χ4v) is 2.24. The van der Waals surface area contributed by atoms with E-state index in [2.05, 4.69) is 23.2 Å². The van der Waals surface area contributed by atoms with Gasteiger partial charge in [0.05, 0.1) is 6.07 Å². The minimum atomic E-state index is -0.426. The molecule has 1 rings (SSSR count). The zero-order chi connectivity index (χ0) is 15.7. The summed E-state index contributed by atoms with van der Waals surface area (Å²) in [6.07, 6.45) is 3.89. The highest BCUT2D eigenvalue weighted by Crippen LogP contribution is 2.16. The Morgan fingerprint density at radius 3 is 2.52 bits per heavy atom. The Morgan fingerprint density at radius 2 is 1.95 bits per heavy atom. The molecule has 1 aromatic rings. The Labute approximate surface area is 127 Å². The van der Waals surface area contributed by atoms with Gasteiger partial charge in [0.1, 0.15) is 11.4 Å². The normalized spacial score (nSPS) is 13.5. The molecular weight excluding hydrogens is 265 g/mol. The molecular formula is C17H26FN3. The van der Waals surface area contributed by atoms with Gasteiger partial charge in [-0.05, 0) is 63.4 Å². The molecule has 1 atom stereocenters. The van der Waals surface area contributed by atoms with E-state index in [1.807, 2.05) is 14.0 Å². The Kier molecular flexibility index (Phi) is 7.18. The van der Waals surface area contributed by atoms with E-state index in [0.29, 0.717) is 0 Å². The third kappa shape index (κ3) is 6.14. The van der Waals surface area contributed by atoms with Gasteiger partial charge >= 0.3 is 0 Å². The van der Waals surface area contributed by atoms with Gasteiger partial charge in [0.2, 0.25) is 0 Å². The lowest BCUT2D eigenvalue weighted by Crippen LogP contribution is -2.41. The molecule has 0 aliphatic heterocycles. The van der Waals surface area contributed by atoms with Crippen molar-refractivity contribution in [2.45, 2.75) is 45.1 Å². The Bertz CT molecular complexity index is 452. The first-order chi connectivity index (χ1) is 10.0. The maximum Gasteiger partial charge on any atom is 0.123 e. The van der Waals surface area contributed by atoms with Crippen molar-refractivity contribution in [1.82, 2.24) is 5.32 Å². The van der Waals surface area contributed by atoms with Gasteiger partial charge in [-0.2, -0.15) is 5.26 Å². The second kappa shape index (κ2) is 8.63. The molecule has 0 radical (unpaired) electrons. The van der Waals surface area contributed by atoms with E-state index in [0.717, 1.165) is 44.5 Å². The molecule has 0 amide bonds. The quantitative estimate of drug-likeness (QED) is 0.705. The molecule has 3 nitrogen and oxygen atoms in total. The molecule has 21 heavy (non-hydrogen) atoms. The number of nitriles is 1. The zero-order valence-corrected chi connectivity index (χ0v) is 13.3.